The summed E-state index contributed by atoms with van der Waals surface area (Å²) in [5.74, 6) is -1.11. The molecule has 0 radical (unpaired) electrons. The van der Waals surface area contributed by atoms with Gasteiger partial charge in [0.05, 0.1) is 4.91 Å². The number of carbonyl (C=O) groups is 1. The van der Waals surface area contributed by atoms with Gasteiger partial charge in [-0.3, -0.25) is 0 Å². The zero-order valence-electron chi connectivity index (χ0n) is 7.83. The molecule has 0 aromatic heterocycles. The molecule has 15 heavy (non-hydrogen) atoms. The number of nitrogens with two attached hydrogens (primary N) is 1. The molecule has 0 aromatic carbocycles. The second-order valence-electron chi connectivity index (χ2n) is 3.11. The van der Waals surface area contributed by atoms with Crippen molar-refractivity contribution in [3.63, 3.8) is 0 Å². The summed E-state index contributed by atoms with van der Waals surface area (Å²) in [6.45, 7) is 0. The predicted molar refractivity (Wildman–Crippen MR) is 55.2 cm³/mol. The van der Waals surface area contributed by atoms with E-state index in [0.717, 1.165) is 6.08 Å². The summed E-state index contributed by atoms with van der Waals surface area (Å²) in [4.78, 5) is 10.3. The molecule has 1 unspecified atom stereocenters. The maximum absolute atomic E-state index is 10.9. The second kappa shape index (κ2) is 4.41. The molecule has 0 aliphatic heterocycles. The van der Waals surface area contributed by atoms with Crippen LogP contribution in [0.15, 0.2) is 35.3 Å². The predicted octanol–water partition coefficient (Wildman–Crippen LogP) is 0.376. The van der Waals surface area contributed by atoms with Crippen molar-refractivity contribution in [2.24, 2.45) is 11.1 Å². The SMILES string of the molecule is NS(=O)(=O)C1=CCC(C=CC(=O)O)C=C1. The molecule has 0 heterocycles. The van der Waals surface area contributed by atoms with Gasteiger partial charge in [-0.15, -0.1) is 0 Å². The Labute approximate surface area is 87.6 Å². The van der Waals surface area contributed by atoms with E-state index in [0.29, 0.717) is 6.42 Å². The number of hydrogen-bond donors (Lipinski definition) is 2. The molecular weight excluding hydrogens is 218 g/mol. The van der Waals surface area contributed by atoms with Crippen molar-refractivity contribution in [1.29, 1.82) is 0 Å². The topological polar surface area (TPSA) is 97.5 Å². The zero-order chi connectivity index (χ0) is 11.5. The zero-order valence-corrected chi connectivity index (χ0v) is 8.65. The van der Waals surface area contributed by atoms with Crippen LogP contribution in [0.4, 0.5) is 0 Å². The van der Waals surface area contributed by atoms with Crippen LogP contribution in [0.1, 0.15) is 6.42 Å². The molecule has 3 N–H and O–H groups in total. The van der Waals surface area contributed by atoms with E-state index in [2.05, 4.69) is 0 Å². The van der Waals surface area contributed by atoms with Crippen LogP contribution in [0.2, 0.25) is 0 Å². The lowest BCUT2D eigenvalue weighted by Gasteiger charge is -2.10. The van der Waals surface area contributed by atoms with Crippen molar-refractivity contribution in [3.8, 4) is 0 Å². The van der Waals surface area contributed by atoms with Gasteiger partial charge in [0.1, 0.15) is 0 Å². The number of sulfonamides is 1. The highest BCUT2D eigenvalue weighted by Crippen LogP contribution is 2.19. The Morgan fingerprint density at radius 1 is 1.60 bits per heavy atom. The van der Waals surface area contributed by atoms with Gasteiger partial charge in [0, 0.05) is 6.08 Å². The minimum absolute atomic E-state index is 0.0717. The van der Waals surface area contributed by atoms with Gasteiger partial charge in [0.25, 0.3) is 0 Å². The van der Waals surface area contributed by atoms with E-state index in [-0.39, 0.29) is 10.8 Å². The quantitative estimate of drug-likeness (QED) is 0.683. The van der Waals surface area contributed by atoms with Crippen molar-refractivity contribution >= 4 is 16.0 Å². The molecule has 0 fully saturated rings. The first-order chi connectivity index (χ1) is 6.89. The Bertz CT molecular complexity index is 445. The van der Waals surface area contributed by atoms with Gasteiger partial charge in [-0.1, -0.05) is 18.2 Å². The number of hydrogen-bond acceptors (Lipinski definition) is 3. The summed E-state index contributed by atoms with van der Waals surface area (Å²) < 4.78 is 21.8. The van der Waals surface area contributed by atoms with Crippen molar-refractivity contribution in [1.82, 2.24) is 0 Å². The number of primary sulfonamides is 1. The minimum atomic E-state index is -3.65. The Balaban J connectivity index is 2.69. The third kappa shape index (κ3) is 3.69. The van der Waals surface area contributed by atoms with E-state index >= 15 is 0 Å². The van der Waals surface area contributed by atoms with E-state index in [9.17, 15) is 13.2 Å². The third-order valence-corrected chi connectivity index (χ3v) is 2.87. The molecule has 0 spiro atoms. The largest absolute Gasteiger partial charge is 0.478 e. The second-order valence-corrected chi connectivity index (χ2v) is 4.67. The summed E-state index contributed by atoms with van der Waals surface area (Å²) in [6.07, 6.45) is 7.44. The van der Waals surface area contributed by atoms with Crippen LogP contribution in [0.5, 0.6) is 0 Å². The number of aliphatic carboxylic acids is 1. The molecule has 6 heteroatoms. The lowest BCUT2D eigenvalue weighted by molar-refractivity contribution is -0.131. The van der Waals surface area contributed by atoms with Gasteiger partial charge in [-0.2, -0.15) is 0 Å². The van der Waals surface area contributed by atoms with E-state index in [1.54, 1.807) is 6.08 Å². The van der Waals surface area contributed by atoms with E-state index < -0.39 is 16.0 Å². The molecule has 0 amide bonds. The van der Waals surface area contributed by atoms with Gasteiger partial charge in [-0.05, 0) is 18.4 Å². The molecule has 0 saturated carbocycles. The van der Waals surface area contributed by atoms with Crippen LogP contribution in [0.3, 0.4) is 0 Å². The third-order valence-electron chi connectivity index (χ3n) is 1.91. The summed E-state index contributed by atoms with van der Waals surface area (Å²) >= 11 is 0. The first-order valence-corrected chi connectivity index (χ1v) is 5.76. The smallest absolute Gasteiger partial charge is 0.327 e. The fourth-order valence-electron chi connectivity index (χ4n) is 1.18. The van der Waals surface area contributed by atoms with Crippen LogP contribution in [-0.4, -0.2) is 19.5 Å². The maximum Gasteiger partial charge on any atom is 0.327 e. The first kappa shape index (κ1) is 11.7. The standard InChI is InChI=1S/C9H11NO4S/c10-15(13,14)8-4-1-7(2-5-8)3-6-9(11)12/h1,3-7H,2H2,(H,11,12)(H2,10,13,14). The summed E-state index contributed by atoms with van der Waals surface area (Å²) in [6, 6.07) is 0. The van der Waals surface area contributed by atoms with E-state index in [4.69, 9.17) is 10.2 Å². The Hall–Kier alpha value is -1.40. The van der Waals surface area contributed by atoms with Crippen molar-refractivity contribution in [2.75, 3.05) is 0 Å². The summed E-state index contributed by atoms with van der Waals surface area (Å²) in [7, 11) is -3.65. The van der Waals surface area contributed by atoms with Crippen LogP contribution < -0.4 is 5.14 Å². The molecule has 1 rings (SSSR count). The van der Waals surface area contributed by atoms with Crippen LogP contribution in [0, 0.1) is 5.92 Å². The van der Waals surface area contributed by atoms with Gasteiger partial charge in [-0.25, -0.2) is 18.4 Å². The molecule has 0 saturated heterocycles. The van der Waals surface area contributed by atoms with Gasteiger partial charge in [0.15, 0.2) is 0 Å². The lowest BCUT2D eigenvalue weighted by atomic mass is 10.0. The Kier molecular flexibility index (Phi) is 3.43. The lowest BCUT2D eigenvalue weighted by Crippen LogP contribution is -2.15. The van der Waals surface area contributed by atoms with Gasteiger partial charge >= 0.3 is 5.97 Å². The number of allylic oxidation sites excluding steroid dienone is 4. The molecule has 0 bridgehead atoms. The number of carboxylic acids is 1. The van der Waals surface area contributed by atoms with Crippen molar-refractivity contribution in [3.05, 3.63) is 35.3 Å². The van der Waals surface area contributed by atoms with Gasteiger partial charge in [0.2, 0.25) is 10.0 Å². The maximum atomic E-state index is 10.9. The molecular formula is C9H11NO4S. The highest BCUT2D eigenvalue weighted by molar-refractivity contribution is 7.93. The Morgan fingerprint density at radius 3 is 2.67 bits per heavy atom. The van der Waals surface area contributed by atoms with E-state index in [1.807, 2.05) is 0 Å². The fourth-order valence-corrected chi connectivity index (χ4v) is 1.77. The summed E-state index contributed by atoms with van der Waals surface area (Å²) in [5, 5.41) is 13.3. The molecule has 82 valence electrons. The van der Waals surface area contributed by atoms with E-state index in [1.165, 1.54) is 18.2 Å². The molecule has 1 aliphatic rings. The van der Waals surface area contributed by atoms with Crippen LogP contribution in [0.25, 0.3) is 0 Å². The van der Waals surface area contributed by atoms with Crippen LogP contribution in [-0.2, 0) is 14.8 Å². The average molecular weight is 229 g/mol. The molecule has 1 atom stereocenters. The Morgan fingerprint density at radius 2 is 2.27 bits per heavy atom. The number of rotatable bonds is 3. The van der Waals surface area contributed by atoms with Crippen LogP contribution >= 0.6 is 0 Å². The minimum Gasteiger partial charge on any atom is -0.478 e. The molecule has 1 aliphatic carbocycles. The molecule has 0 aromatic rings. The van der Waals surface area contributed by atoms with Gasteiger partial charge < -0.3 is 5.11 Å². The average Bonchev–Trinajstić information content (AvgIpc) is 2.14. The van der Waals surface area contributed by atoms with Crippen molar-refractivity contribution in [2.45, 2.75) is 6.42 Å². The normalized spacial score (nSPS) is 21.7. The molecule has 5 nitrogen and oxygen atoms in total. The monoisotopic (exact) mass is 229 g/mol. The highest BCUT2D eigenvalue weighted by atomic mass is 32.2. The highest BCUT2D eigenvalue weighted by Gasteiger charge is 2.13. The fraction of sp³-hybridized carbons (Fsp3) is 0.222. The first-order valence-electron chi connectivity index (χ1n) is 4.22. The summed E-state index contributed by atoms with van der Waals surface area (Å²) in [5.41, 5.74) is 0. The van der Waals surface area contributed by atoms with Crippen molar-refractivity contribution < 1.29 is 18.3 Å². The number of carboxylic acid groups (broad SMARTS) is 1.